The molecular formula is C22H26N4O3. The molecular weight excluding hydrogens is 368 g/mol. The Balaban J connectivity index is 1.70. The van der Waals surface area contributed by atoms with Crippen LogP contribution in [0.25, 0.3) is 5.78 Å². The normalized spacial score (nSPS) is 12.8. The Morgan fingerprint density at radius 2 is 1.79 bits per heavy atom. The maximum absolute atomic E-state index is 12.7. The van der Waals surface area contributed by atoms with Crippen molar-refractivity contribution in [2.45, 2.75) is 59.5 Å². The average molecular weight is 394 g/mol. The van der Waals surface area contributed by atoms with Gasteiger partial charge < -0.3 is 4.74 Å². The van der Waals surface area contributed by atoms with E-state index in [1.807, 2.05) is 26.0 Å². The molecule has 2 aromatic heterocycles. The second-order valence-electron chi connectivity index (χ2n) is 8.23. The van der Waals surface area contributed by atoms with Crippen LogP contribution in [0.5, 0.6) is 0 Å². The third kappa shape index (κ3) is 4.34. The summed E-state index contributed by atoms with van der Waals surface area (Å²) in [5.74, 6) is -0.221. The molecule has 0 unspecified atom stereocenters. The van der Waals surface area contributed by atoms with Crippen molar-refractivity contribution < 1.29 is 14.3 Å². The predicted octanol–water partition coefficient (Wildman–Crippen LogP) is 3.40. The Bertz CT molecular complexity index is 1060. The molecule has 0 aliphatic heterocycles. The molecule has 152 valence electrons. The summed E-state index contributed by atoms with van der Waals surface area (Å²) in [5, 5.41) is 4.12. The van der Waals surface area contributed by atoms with Crippen molar-refractivity contribution in [1.29, 1.82) is 0 Å². The Labute approximate surface area is 170 Å². The second-order valence-corrected chi connectivity index (χ2v) is 8.23. The van der Waals surface area contributed by atoms with E-state index >= 15 is 0 Å². The van der Waals surface area contributed by atoms with Gasteiger partial charge in [0.15, 0.2) is 6.10 Å². The molecule has 0 saturated carbocycles. The number of Topliss-reactive ketones (excluding diaryl/α,β-unsaturated/α-hetero) is 1. The molecule has 0 radical (unpaired) electrons. The zero-order valence-electron chi connectivity index (χ0n) is 17.7. The predicted molar refractivity (Wildman–Crippen MR) is 109 cm³/mol. The minimum atomic E-state index is -0.869. The lowest BCUT2D eigenvalue weighted by Gasteiger charge is -2.19. The summed E-state index contributed by atoms with van der Waals surface area (Å²) >= 11 is 0. The smallest absolute Gasteiger partial charge is 0.311 e. The molecule has 29 heavy (non-hydrogen) atoms. The van der Waals surface area contributed by atoms with Crippen LogP contribution >= 0.6 is 0 Å². The zero-order chi connectivity index (χ0) is 21.3. The highest BCUT2D eigenvalue weighted by Crippen LogP contribution is 2.23. The highest BCUT2D eigenvalue weighted by atomic mass is 16.5. The molecule has 0 spiro atoms. The summed E-state index contributed by atoms with van der Waals surface area (Å²) in [5.41, 5.74) is 3.86. The van der Waals surface area contributed by atoms with Crippen molar-refractivity contribution >= 4 is 17.5 Å². The number of carbonyl (C=O) groups excluding carboxylic acids is 2. The minimum Gasteiger partial charge on any atom is -0.454 e. The van der Waals surface area contributed by atoms with Crippen molar-refractivity contribution in [1.82, 2.24) is 19.6 Å². The number of aromatic nitrogens is 4. The summed E-state index contributed by atoms with van der Waals surface area (Å²) in [7, 11) is 0. The third-order valence-electron chi connectivity index (χ3n) is 5.02. The van der Waals surface area contributed by atoms with E-state index in [9.17, 15) is 9.59 Å². The van der Waals surface area contributed by atoms with Crippen LogP contribution in [0, 0.1) is 13.8 Å². The number of fused-ring (bicyclic) bond motifs is 1. The molecule has 0 N–H and O–H groups in total. The van der Waals surface area contributed by atoms with Gasteiger partial charge in [-0.3, -0.25) is 9.59 Å². The lowest BCUT2D eigenvalue weighted by Crippen LogP contribution is -2.26. The molecule has 7 nitrogen and oxygen atoms in total. The molecule has 1 atom stereocenters. The number of nitrogens with zero attached hydrogens (tertiary/aromatic N) is 4. The summed E-state index contributed by atoms with van der Waals surface area (Å²) in [6.45, 7) is 11.6. The summed E-state index contributed by atoms with van der Waals surface area (Å²) < 4.78 is 6.99. The first kappa shape index (κ1) is 20.6. The highest BCUT2D eigenvalue weighted by Gasteiger charge is 2.22. The number of ether oxygens (including phenoxy) is 1. The number of rotatable bonds is 5. The minimum absolute atomic E-state index is 0.00854. The maximum Gasteiger partial charge on any atom is 0.311 e. The van der Waals surface area contributed by atoms with Crippen molar-refractivity contribution in [2.24, 2.45) is 0 Å². The lowest BCUT2D eigenvalue weighted by molar-refractivity contribution is -0.145. The zero-order valence-corrected chi connectivity index (χ0v) is 17.7. The second kappa shape index (κ2) is 7.73. The van der Waals surface area contributed by atoms with Crippen LogP contribution in [0.3, 0.4) is 0 Å². The Morgan fingerprint density at radius 3 is 2.41 bits per heavy atom. The molecule has 3 rings (SSSR count). The van der Waals surface area contributed by atoms with Gasteiger partial charge in [0, 0.05) is 22.5 Å². The first-order valence-corrected chi connectivity index (χ1v) is 9.58. The maximum atomic E-state index is 12.7. The first-order chi connectivity index (χ1) is 13.6. The molecule has 1 aromatic carbocycles. The van der Waals surface area contributed by atoms with E-state index in [4.69, 9.17) is 4.74 Å². The lowest BCUT2D eigenvalue weighted by atomic mass is 9.86. The van der Waals surface area contributed by atoms with Gasteiger partial charge in [0.25, 0.3) is 5.78 Å². The van der Waals surface area contributed by atoms with Crippen molar-refractivity contribution in [3.8, 4) is 0 Å². The number of esters is 1. The van der Waals surface area contributed by atoms with Crippen LogP contribution in [0.4, 0.5) is 0 Å². The quantitative estimate of drug-likeness (QED) is 0.487. The largest absolute Gasteiger partial charge is 0.454 e. The molecule has 0 bridgehead atoms. The van der Waals surface area contributed by atoms with Gasteiger partial charge in [0.05, 0.1) is 6.42 Å². The Morgan fingerprint density at radius 1 is 1.14 bits per heavy atom. The van der Waals surface area contributed by atoms with E-state index in [-0.39, 0.29) is 17.6 Å². The molecule has 2 heterocycles. The van der Waals surface area contributed by atoms with Gasteiger partial charge in [-0.15, -0.1) is 0 Å². The topological polar surface area (TPSA) is 86.4 Å². The number of benzene rings is 1. The molecule has 0 aliphatic carbocycles. The van der Waals surface area contributed by atoms with Gasteiger partial charge in [-0.25, -0.2) is 9.50 Å². The Kier molecular flexibility index (Phi) is 5.50. The molecule has 0 aliphatic rings. The van der Waals surface area contributed by atoms with E-state index < -0.39 is 12.1 Å². The number of ketones is 1. The highest BCUT2D eigenvalue weighted by molar-refractivity contribution is 6.00. The van der Waals surface area contributed by atoms with Gasteiger partial charge in [0.1, 0.15) is 6.33 Å². The van der Waals surface area contributed by atoms with E-state index in [0.29, 0.717) is 17.0 Å². The number of carbonyl (C=O) groups is 2. The number of aryl methyl sites for hydroxylation is 2. The van der Waals surface area contributed by atoms with Gasteiger partial charge in [-0.1, -0.05) is 45.0 Å². The summed E-state index contributed by atoms with van der Waals surface area (Å²) in [6, 6.07) is 7.44. The van der Waals surface area contributed by atoms with Crippen LogP contribution in [0.15, 0.2) is 30.6 Å². The van der Waals surface area contributed by atoms with E-state index in [2.05, 4.69) is 35.8 Å². The van der Waals surface area contributed by atoms with Crippen LogP contribution in [0.2, 0.25) is 0 Å². The van der Waals surface area contributed by atoms with Gasteiger partial charge in [0.2, 0.25) is 5.78 Å². The fourth-order valence-corrected chi connectivity index (χ4v) is 3.22. The summed E-state index contributed by atoms with van der Waals surface area (Å²) in [4.78, 5) is 33.6. The van der Waals surface area contributed by atoms with Crippen molar-refractivity contribution in [2.75, 3.05) is 0 Å². The fourth-order valence-electron chi connectivity index (χ4n) is 3.22. The Hall–Kier alpha value is -3.09. The third-order valence-corrected chi connectivity index (χ3v) is 5.02. The van der Waals surface area contributed by atoms with Crippen LogP contribution in [-0.2, 0) is 21.4 Å². The summed E-state index contributed by atoms with van der Waals surface area (Å²) in [6.07, 6.45) is 0.565. The molecule has 3 aromatic rings. The SMILES string of the molecule is Cc1nc2ncnn2c(C)c1CC(=O)O[C@@H](C)C(=O)c1ccc(C(C)(C)C)cc1. The average Bonchev–Trinajstić information content (AvgIpc) is 3.12. The number of hydrogen-bond donors (Lipinski definition) is 0. The van der Waals surface area contributed by atoms with Crippen LogP contribution < -0.4 is 0 Å². The van der Waals surface area contributed by atoms with Gasteiger partial charge in [-0.2, -0.15) is 10.1 Å². The monoisotopic (exact) mass is 394 g/mol. The van der Waals surface area contributed by atoms with Crippen LogP contribution in [0.1, 0.15) is 60.6 Å². The molecule has 7 heteroatoms. The first-order valence-electron chi connectivity index (χ1n) is 9.58. The van der Waals surface area contributed by atoms with Crippen molar-refractivity contribution in [3.05, 3.63) is 58.7 Å². The van der Waals surface area contributed by atoms with Crippen LogP contribution in [-0.4, -0.2) is 37.4 Å². The van der Waals surface area contributed by atoms with Gasteiger partial charge in [-0.05, 0) is 31.7 Å². The van der Waals surface area contributed by atoms with E-state index in [1.165, 1.54) is 6.33 Å². The van der Waals surface area contributed by atoms with Crippen molar-refractivity contribution in [3.63, 3.8) is 0 Å². The van der Waals surface area contributed by atoms with E-state index in [0.717, 1.165) is 16.8 Å². The van der Waals surface area contributed by atoms with Gasteiger partial charge >= 0.3 is 5.97 Å². The van der Waals surface area contributed by atoms with E-state index in [1.54, 1.807) is 23.6 Å². The molecule has 0 fully saturated rings. The number of hydrogen-bond acceptors (Lipinski definition) is 6. The standard InChI is InChI=1S/C22H26N4O3/c1-13-18(14(2)26-21(25-13)23-12-24-26)11-19(27)29-15(3)20(28)16-7-9-17(10-8-16)22(4,5)6/h7-10,12,15H,11H2,1-6H3/t15-/m0/s1. The molecule has 0 amide bonds. The fraction of sp³-hybridized carbons (Fsp3) is 0.409. The molecule has 0 saturated heterocycles.